The van der Waals surface area contributed by atoms with E-state index >= 15 is 0 Å². The van der Waals surface area contributed by atoms with E-state index in [9.17, 15) is 14.4 Å². The Morgan fingerprint density at radius 2 is 2.00 bits per heavy atom. The van der Waals surface area contributed by atoms with Gasteiger partial charge in [-0.1, -0.05) is 28.4 Å². The molecular formula is C21H21Cl2N7O3S. The fourth-order valence-corrected chi connectivity index (χ4v) is 4.98. The largest absolute Gasteiger partial charge is 0.370 e. The lowest BCUT2D eigenvalue weighted by molar-refractivity contribution is -0.140. The molecule has 1 aliphatic rings. The summed E-state index contributed by atoms with van der Waals surface area (Å²) in [5.74, 6) is -1.21. The highest BCUT2D eigenvalue weighted by molar-refractivity contribution is 7.13. The van der Waals surface area contributed by atoms with Crippen LogP contribution in [0, 0.1) is 0 Å². The molecule has 2 unspecified atom stereocenters. The first-order chi connectivity index (χ1) is 16.3. The van der Waals surface area contributed by atoms with Crippen LogP contribution in [0.1, 0.15) is 31.7 Å². The van der Waals surface area contributed by atoms with Crippen molar-refractivity contribution in [2.45, 2.75) is 37.8 Å². The van der Waals surface area contributed by atoms with Gasteiger partial charge in [0.2, 0.25) is 17.7 Å². The summed E-state index contributed by atoms with van der Waals surface area (Å²) in [7, 11) is 0. The Bertz CT molecular complexity index is 1180. The van der Waals surface area contributed by atoms with Crippen LogP contribution in [0.2, 0.25) is 10.0 Å². The van der Waals surface area contributed by atoms with Gasteiger partial charge >= 0.3 is 0 Å². The topological polar surface area (TPSA) is 136 Å². The van der Waals surface area contributed by atoms with Gasteiger partial charge in [0.1, 0.15) is 17.8 Å². The predicted octanol–water partition coefficient (Wildman–Crippen LogP) is 3.14. The lowest BCUT2D eigenvalue weighted by atomic mass is 10.1. The van der Waals surface area contributed by atoms with Crippen molar-refractivity contribution in [2.75, 3.05) is 11.9 Å². The lowest BCUT2D eigenvalue weighted by Gasteiger charge is -2.28. The number of amides is 3. The van der Waals surface area contributed by atoms with Crippen LogP contribution in [-0.2, 0) is 14.4 Å². The van der Waals surface area contributed by atoms with E-state index in [-0.39, 0.29) is 24.7 Å². The Morgan fingerprint density at radius 3 is 2.68 bits per heavy atom. The van der Waals surface area contributed by atoms with Crippen molar-refractivity contribution in [2.24, 2.45) is 5.73 Å². The Balaban J connectivity index is 1.54. The molecule has 3 N–H and O–H groups in total. The molecule has 2 aromatic heterocycles. The van der Waals surface area contributed by atoms with Crippen molar-refractivity contribution in [1.29, 1.82) is 0 Å². The molecule has 3 aromatic rings. The number of hydrogen-bond donors (Lipinski definition) is 2. The van der Waals surface area contributed by atoms with E-state index in [0.29, 0.717) is 40.8 Å². The fraction of sp³-hybridized carbons (Fsp3) is 0.333. The highest BCUT2D eigenvalue weighted by Crippen LogP contribution is 2.28. The predicted molar refractivity (Wildman–Crippen MR) is 128 cm³/mol. The summed E-state index contributed by atoms with van der Waals surface area (Å²) >= 11 is 13.4. The normalized spacial score (nSPS) is 16.4. The van der Waals surface area contributed by atoms with Crippen molar-refractivity contribution in [1.82, 2.24) is 24.9 Å². The van der Waals surface area contributed by atoms with Crippen molar-refractivity contribution in [3.63, 3.8) is 0 Å². The number of hydrogen-bond acceptors (Lipinski definition) is 7. The van der Waals surface area contributed by atoms with Crippen LogP contribution in [0.3, 0.4) is 0 Å². The molecule has 4 rings (SSSR count). The molecule has 1 aromatic carbocycles. The highest BCUT2D eigenvalue weighted by Gasteiger charge is 2.38. The maximum absolute atomic E-state index is 13.6. The SMILES string of the molecule is NC(=O)CCC(C(=O)N1CCCC1C(=O)Nc1cc(Cl)cc(Cl)c1)n1cc(-c2cncs2)nn1. The van der Waals surface area contributed by atoms with Crippen LogP contribution in [0.25, 0.3) is 10.6 Å². The van der Waals surface area contributed by atoms with Gasteiger partial charge in [0.15, 0.2) is 0 Å². The number of benzene rings is 1. The molecule has 1 saturated heterocycles. The molecule has 1 fully saturated rings. The van der Waals surface area contributed by atoms with Crippen molar-refractivity contribution >= 4 is 57.9 Å². The molecule has 0 saturated carbocycles. The minimum absolute atomic E-state index is 0.0160. The van der Waals surface area contributed by atoms with E-state index in [2.05, 4.69) is 20.6 Å². The summed E-state index contributed by atoms with van der Waals surface area (Å²) in [6.07, 6.45) is 4.56. The summed E-state index contributed by atoms with van der Waals surface area (Å²) in [4.78, 5) is 44.4. The number of primary amides is 1. The summed E-state index contributed by atoms with van der Waals surface area (Å²) in [6, 6.07) is 3.20. The standard InChI is InChI=1S/C21H21Cl2N7O3S/c22-12-6-13(23)8-14(7-12)26-20(32)16-2-1-5-29(16)21(33)17(3-4-19(24)31)30-10-15(27-28-30)18-9-25-11-34-18/h6-11,16-17H,1-5H2,(H2,24,31)(H,26,32). The zero-order valence-corrected chi connectivity index (χ0v) is 20.2. The molecule has 0 aliphatic carbocycles. The zero-order chi connectivity index (χ0) is 24.2. The highest BCUT2D eigenvalue weighted by atomic mass is 35.5. The molecule has 1 aliphatic heterocycles. The molecule has 2 atom stereocenters. The van der Waals surface area contributed by atoms with Gasteiger partial charge in [-0.05, 0) is 37.5 Å². The number of carbonyl (C=O) groups is 3. The van der Waals surface area contributed by atoms with Gasteiger partial charge in [-0.15, -0.1) is 16.4 Å². The van der Waals surface area contributed by atoms with Crippen LogP contribution in [0.15, 0.2) is 36.1 Å². The molecule has 3 amide bonds. The summed E-state index contributed by atoms with van der Waals surface area (Å²) in [5, 5.41) is 11.8. The second kappa shape index (κ2) is 10.5. The molecule has 0 radical (unpaired) electrons. The monoisotopic (exact) mass is 521 g/mol. The first-order valence-electron chi connectivity index (χ1n) is 10.5. The Hall–Kier alpha value is -3.02. The maximum Gasteiger partial charge on any atom is 0.248 e. The van der Waals surface area contributed by atoms with E-state index in [1.165, 1.54) is 20.9 Å². The molecule has 3 heterocycles. The van der Waals surface area contributed by atoms with Crippen molar-refractivity contribution in [3.8, 4) is 10.6 Å². The van der Waals surface area contributed by atoms with Gasteiger partial charge in [0, 0.05) is 34.9 Å². The molecule has 0 bridgehead atoms. The number of anilines is 1. The van der Waals surface area contributed by atoms with Crippen LogP contribution < -0.4 is 11.1 Å². The molecule has 13 heteroatoms. The van der Waals surface area contributed by atoms with Crippen LogP contribution >= 0.6 is 34.5 Å². The van der Waals surface area contributed by atoms with E-state index < -0.39 is 18.0 Å². The number of carbonyl (C=O) groups excluding carboxylic acids is 3. The lowest BCUT2D eigenvalue weighted by Crippen LogP contribution is -2.46. The van der Waals surface area contributed by atoms with E-state index in [4.69, 9.17) is 28.9 Å². The third kappa shape index (κ3) is 5.54. The smallest absolute Gasteiger partial charge is 0.248 e. The van der Waals surface area contributed by atoms with Gasteiger partial charge in [-0.3, -0.25) is 19.4 Å². The average Bonchev–Trinajstić information content (AvgIpc) is 3.53. The first kappa shape index (κ1) is 24.1. The summed E-state index contributed by atoms with van der Waals surface area (Å²) in [6.45, 7) is 0.399. The molecule has 178 valence electrons. The number of rotatable bonds is 8. The van der Waals surface area contributed by atoms with Crippen molar-refractivity contribution in [3.05, 3.63) is 46.1 Å². The van der Waals surface area contributed by atoms with Gasteiger partial charge in [-0.25, -0.2) is 4.68 Å². The summed E-state index contributed by atoms with van der Waals surface area (Å²) in [5.41, 5.74) is 8.02. The minimum atomic E-state index is -0.837. The van der Waals surface area contributed by atoms with Crippen LogP contribution in [0.5, 0.6) is 0 Å². The zero-order valence-electron chi connectivity index (χ0n) is 17.9. The molecule has 10 nitrogen and oxygen atoms in total. The fourth-order valence-electron chi connectivity index (χ4n) is 3.88. The third-order valence-electron chi connectivity index (χ3n) is 5.43. The van der Waals surface area contributed by atoms with Crippen LogP contribution in [0.4, 0.5) is 5.69 Å². The minimum Gasteiger partial charge on any atom is -0.370 e. The Morgan fingerprint density at radius 1 is 1.24 bits per heavy atom. The van der Waals surface area contributed by atoms with Gasteiger partial charge in [-0.2, -0.15) is 0 Å². The number of aromatic nitrogens is 4. The third-order valence-corrected chi connectivity index (χ3v) is 6.66. The van der Waals surface area contributed by atoms with Gasteiger partial charge < -0.3 is 16.0 Å². The van der Waals surface area contributed by atoms with E-state index in [1.54, 1.807) is 36.1 Å². The van der Waals surface area contributed by atoms with Gasteiger partial charge in [0.25, 0.3) is 0 Å². The molecule has 34 heavy (non-hydrogen) atoms. The number of nitrogens with two attached hydrogens (primary N) is 1. The number of likely N-dealkylation sites (tertiary alicyclic amines) is 1. The number of nitrogens with zero attached hydrogens (tertiary/aromatic N) is 5. The van der Waals surface area contributed by atoms with Crippen LogP contribution in [-0.4, -0.2) is 55.2 Å². The quantitative estimate of drug-likeness (QED) is 0.467. The average molecular weight is 522 g/mol. The Kier molecular flexibility index (Phi) is 7.44. The second-order valence-electron chi connectivity index (χ2n) is 7.81. The number of thiazole rings is 1. The van der Waals surface area contributed by atoms with E-state index in [1.807, 2.05) is 0 Å². The molecular weight excluding hydrogens is 501 g/mol. The first-order valence-corrected chi connectivity index (χ1v) is 12.1. The number of nitrogens with one attached hydrogen (secondary N) is 1. The number of halogens is 2. The van der Waals surface area contributed by atoms with Crippen molar-refractivity contribution < 1.29 is 14.4 Å². The molecule has 0 spiro atoms. The maximum atomic E-state index is 13.6. The Labute approximate surface area is 209 Å². The van der Waals surface area contributed by atoms with Gasteiger partial charge in [0.05, 0.1) is 16.6 Å². The second-order valence-corrected chi connectivity index (χ2v) is 9.57. The van der Waals surface area contributed by atoms with E-state index in [0.717, 1.165) is 4.88 Å². The summed E-state index contributed by atoms with van der Waals surface area (Å²) < 4.78 is 1.42.